The maximum Gasteiger partial charge on any atom is 0.407 e. The summed E-state index contributed by atoms with van der Waals surface area (Å²) in [5, 5.41) is 9.15. The molecule has 1 N–H and O–H groups in total. The van der Waals surface area contributed by atoms with Crippen molar-refractivity contribution in [3.05, 3.63) is 0 Å². The Morgan fingerprint density at radius 2 is 1.80 bits per heavy atom. The van der Waals surface area contributed by atoms with Gasteiger partial charge >= 0.3 is 7.75 Å². The number of hydrogen-bond donors (Lipinski definition) is 1. The summed E-state index contributed by atoms with van der Waals surface area (Å²) in [6.07, 6.45) is 0. The molecular formula is C9H22NO4P. The first-order chi connectivity index (χ1) is 6.85. The average molecular weight is 239 g/mol. The molecule has 5 nitrogen and oxygen atoms in total. The van der Waals surface area contributed by atoms with Crippen molar-refractivity contribution in [3.63, 3.8) is 0 Å². The van der Waals surface area contributed by atoms with E-state index in [1.807, 2.05) is 20.8 Å². The minimum absolute atomic E-state index is 0.0247. The largest absolute Gasteiger partial charge is 0.407 e. The molecule has 0 amide bonds. The normalized spacial score (nSPS) is 13.5. The number of aliphatic hydroxyl groups is 1. The van der Waals surface area contributed by atoms with Gasteiger partial charge in [-0.05, 0) is 0 Å². The fourth-order valence-corrected chi connectivity index (χ4v) is 2.73. The third-order valence-corrected chi connectivity index (χ3v) is 4.25. The molecule has 0 heterocycles. The SMILES string of the molecule is CCN(CC(C)(C)CO)P(=O)(OC)OC. The van der Waals surface area contributed by atoms with Crippen LogP contribution in [-0.2, 0) is 13.6 Å². The van der Waals surface area contributed by atoms with Crippen LogP contribution in [0.1, 0.15) is 20.8 Å². The molecule has 0 radical (unpaired) electrons. The zero-order valence-electron chi connectivity index (χ0n) is 10.2. The smallest absolute Gasteiger partial charge is 0.396 e. The van der Waals surface area contributed by atoms with Gasteiger partial charge in [-0.3, -0.25) is 9.05 Å². The molecule has 0 aromatic heterocycles. The van der Waals surface area contributed by atoms with Crippen LogP contribution in [0.2, 0.25) is 0 Å². The predicted molar refractivity (Wildman–Crippen MR) is 59.7 cm³/mol. The molecule has 0 aromatic rings. The van der Waals surface area contributed by atoms with E-state index in [1.54, 1.807) is 4.67 Å². The van der Waals surface area contributed by atoms with Gasteiger partial charge in [0.15, 0.2) is 0 Å². The van der Waals surface area contributed by atoms with Crippen LogP contribution in [0.3, 0.4) is 0 Å². The lowest BCUT2D eigenvalue weighted by molar-refractivity contribution is 0.116. The number of hydrogen-bond acceptors (Lipinski definition) is 4. The molecule has 92 valence electrons. The van der Waals surface area contributed by atoms with E-state index in [1.165, 1.54) is 14.2 Å². The summed E-state index contributed by atoms with van der Waals surface area (Å²) in [7, 11) is -0.459. The molecular weight excluding hydrogens is 217 g/mol. The second kappa shape index (κ2) is 5.97. The summed E-state index contributed by atoms with van der Waals surface area (Å²) in [4.78, 5) is 0. The first-order valence-electron chi connectivity index (χ1n) is 4.93. The molecule has 0 aliphatic rings. The highest BCUT2D eigenvalue weighted by atomic mass is 31.2. The number of aliphatic hydroxyl groups excluding tert-OH is 1. The van der Waals surface area contributed by atoms with Crippen molar-refractivity contribution in [2.24, 2.45) is 5.41 Å². The summed E-state index contributed by atoms with van der Waals surface area (Å²) < 4.78 is 23.5. The fraction of sp³-hybridized carbons (Fsp3) is 1.00. The van der Waals surface area contributed by atoms with Crippen LogP contribution in [0.4, 0.5) is 0 Å². The van der Waals surface area contributed by atoms with E-state index in [0.29, 0.717) is 13.1 Å². The molecule has 0 rings (SSSR count). The molecule has 15 heavy (non-hydrogen) atoms. The van der Waals surface area contributed by atoms with Gasteiger partial charge in [-0.15, -0.1) is 0 Å². The Hall–Kier alpha value is 0.0700. The molecule has 0 saturated heterocycles. The molecule has 0 unspecified atom stereocenters. The van der Waals surface area contributed by atoms with Crippen molar-refractivity contribution < 1.29 is 18.7 Å². The fourth-order valence-electron chi connectivity index (χ4n) is 1.22. The van der Waals surface area contributed by atoms with E-state index in [4.69, 9.17) is 14.2 Å². The number of rotatable bonds is 7. The van der Waals surface area contributed by atoms with E-state index in [2.05, 4.69) is 0 Å². The summed E-state index contributed by atoms with van der Waals surface area (Å²) in [6, 6.07) is 0. The molecule has 0 saturated carbocycles. The average Bonchev–Trinajstić information content (AvgIpc) is 2.24. The summed E-state index contributed by atoms with van der Waals surface area (Å²) >= 11 is 0. The van der Waals surface area contributed by atoms with Gasteiger partial charge in [0.2, 0.25) is 0 Å². The van der Waals surface area contributed by atoms with E-state index in [9.17, 15) is 4.57 Å². The van der Waals surface area contributed by atoms with Crippen LogP contribution in [0.15, 0.2) is 0 Å². The minimum atomic E-state index is -3.18. The number of nitrogens with zero attached hydrogens (tertiary/aromatic N) is 1. The highest BCUT2D eigenvalue weighted by Gasteiger charge is 2.34. The standard InChI is InChI=1S/C9H22NO4P/c1-6-10(7-9(2,3)8-11)15(12,13-4)14-5/h11H,6-8H2,1-5H3. The molecule has 6 heteroatoms. The lowest BCUT2D eigenvalue weighted by Gasteiger charge is -2.33. The molecule has 0 bridgehead atoms. The Morgan fingerprint density at radius 3 is 2.07 bits per heavy atom. The van der Waals surface area contributed by atoms with Crippen molar-refractivity contribution in [2.45, 2.75) is 20.8 Å². The maximum absolute atomic E-state index is 12.1. The zero-order chi connectivity index (χ0) is 12.1. The summed E-state index contributed by atoms with van der Waals surface area (Å²) in [5.41, 5.74) is -0.331. The quantitative estimate of drug-likeness (QED) is 0.685. The van der Waals surface area contributed by atoms with Gasteiger partial charge in [0, 0.05) is 39.3 Å². The lowest BCUT2D eigenvalue weighted by Crippen LogP contribution is -2.35. The second-order valence-electron chi connectivity index (χ2n) is 4.14. The Bertz CT molecular complexity index is 224. The van der Waals surface area contributed by atoms with E-state index in [0.717, 1.165) is 0 Å². The van der Waals surface area contributed by atoms with Gasteiger partial charge in [-0.2, -0.15) is 0 Å². The summed E-state index contributed by atoms with van der Waals surface area (Å²) in [5.74, 6) is 0. The molecule has 0 aliphatic carbocycles. The van der Waals surface area contributed by atoms with Crippen LogP contribution in [-0.4, -0.2) is 43.7 Å². The van der Waals surface area contributed by atoms with Crippen molar-refractivity contribution in [3.8, 4) is 0 Å². The highest BCUT2D eigenvalue weighted by Crippen LogP contribution is 2.51. The van der Waals surface area contributed by atoms with E-state index >= 15 is 0 Å². The predicted octanol–water partition coefficient (Wildman–Crippen LogP) is 1.73. The second-order valence-corrected chi connectivity index (χ2v) is 6.37. The van der Waals surface area contributed by atoms with Crippen molar-refractivity contribution in [1.82, 2.24) is 4.67 Å². The van der Waals surface area contributed by atoms with Gasteiger partial charge in [0.05, 0.1) is 0 Å². The third-order valence-electron chi connectivity index (χ3n) is 2.21. The minimum Gasteiger partial charge on any atom is -0.396 e. The topological polar surface area (TPSA) is 59.0 Å². The summed E-state index contributed by atoms with van der Waals surface area (Å²) in [6.45, 7) is 6.69. The van der Waals surface area contributed by atoms with Gasteiger partial charge in [-0.25, -0.2) is 9.24 Å². The van der Waals surface area contributed by atoms with E-state index in [-0.39, 0.29) is 12.0 Å². The Balaban J connectivity index is 4.70. The molecule has 0 aromatic carbocycles. The van der Waals surface area contributed by atoms with Gasteiger partial charge in [0.1, 0.15) is 0 Å². The lowest BCUT2D eigenvalue weighted by atomic mass is 9.95. The Morgan fingerprint density at radius 1 is 1.33 bits per heavy atom. The highest BCUT2D eigenvalue weighted by molar-refractivity contribution is 7.51. The third kappa shape index (κ3) is 4.21. The van der Waals surface area contributed by atoms with Gasteiger partial charge < -0.3 is 5.11 Å². The van der Waals surface area contributed by atoms with Crippen LogP contribution in [0.5, 0.6) is 0 Å². The van der Waals surface area contributed by atoms with Crippen LogP contribution in [0.25, 0.3) is 0 Å². The van der Waals surface area contributed by atoms with E-state index < -0.39 is 7.75 Å². The molecule has 0 fully saturated rings. The zero-order valence-corrected chi connectivity index (χ0v) is 11.1. The Labute approximate surface area is 92.0 Å². The van der Waals surface area contributed by atoms with Crippen LogP contribution >= 0.6 is 7.75 Å². The molecule has 0 atom stereocenters. The monoisotopic (exact) mass is 239 g/mol. The Kier molecular flexibility index (Phi) is 5.99. The first-order valence-corrected chi connectivity index (χ1v) is 6.42. The van der Waals surface area contributed by atoms with Crippen LogP contribution < -0.4 is 0 Å². The molecule has 0 aliphatic heterocycles. The van der Waals surface area contributed by atoms with Crippen LogP contribution in [0, 0.1) is 5.41 Å². The van der Waals surface area contributed by atoms with Crippen molar-refractivity contribution in [1.29, 1.82) is 0 Å². The van der Waals surface area contributed by atoms with Gasteiger partial charge in [0.25, 0.3) is 0 Å². The maximum atomic E-state index is 12.1. The van der Waals surface area contributed by atoms with Crippen molar-refractivity contribution >= 4 is 7.75 Å². The van der Waals surface area contributed by atoms with Gasteiger partial charge in [-0.1, -0.05) is 20.8 Å². The molecule has 0 spiro atoms. The first kappa shape index (κ1) is 15.1. The van der Waals surface area contributed by atoms with Crippen molar-refractivity contribution in [2.75, 3.05) is 33.9 Å².